The summed E-state index contributed by atoms with van der Waals surface area (Å²) in [5, 5.41) is 12.5. The van der Waals surface area contributed by atoms with E-state index in [0.29, 0.717) is 36.8 Å². The number of ether oxygens (including phenoxy) is 1. The van der Waals surface area contributed by atoms with Crippen LogP contribution in [0.2, 0.25) is 0 Å². The lowest BCUT2D eigenvalue weighted by molar-refractivity contribution is -0.143. The number of rotatable bonds is 9. The molecular formula is C13H21N3O4S. The number of hydrogen-bond acceptors (Lipinski definition) is 6. The molecule has 0 aliphatic carbocycles. The molecule has 0 spiro atoms. The van der Waals surface area contributed by atoms with Crippen LogP contribution in [0.5, 0.6) is 0 Å². The number of aliphatic hydroxyl groups excluding tert-OH is 1. The van der Waals surface area contributed by atoms with Gasteiger partial charge in [0.2, 0.25) is 5.91 Å². The molecule has 1 heterocycles. The van der Waals surface area contributed by atoms with Crippen LogP contribution in [0.25, 0.3) is 0 Å². The van der Waals surface area contributed by atoms with Crippen molar-refractivity contribution in [3.05, 3.63) is 11.9 Å². The van der Waals surface area contributed by atoms with Gasteiger partial charge in [0, 0.05) is 20.0 Å². The van der Waals surface area contributed by atoms with Crippen molar-refractivity contribution in [2.45, 2.75) is 31.5 Å². The summed E-state index contributed by atoms with van der Waals surface area (Å²) in [4.78, 5) is 26.9. The zero-order valence-electron chi connectivity index (χ0n) is 12.3. The predicted molar refractivity (Wildman–Crippen MR) is 78.7 cm³/mol. The Hall–Kier alpha value is -1.54. The largest absolute Gasteiger partial charge is 0.466 e. The van der Waals surface area contributed by atoms with Crippen LogP contribution in [-0.4, -0.2) is 45.4 Å². The van der Waals surface area contributed by atoms with E-state index in [1.165, 1.54) is 11.8 Å². The molecule has 1 amide bonds. The van der Waals surface area contributed by atoms with Crippen LogP contribution in [0.3, 0.4) is 0 Å². The molecule has 1 rings (SSSR count). The number of imidazole rings is 1. The fraction of sp³-hybridized carbons (Fsp3) is 0.615. The molecule has 21 heavy (non-hydrogen) atoms. The summed E-state index contributed by atoms with van der Waals surface area (Å²) in [7, 11) is 1.79. The number of nitrogens with one attached hydrogen (secondary N) is 1. The summed E-state index contributed by atoms with van der Waals surface area (Å²) in [5.74, 6) is -0.113. The average Bonchev–Trinajstić information content (AvgIpc) is 2.82. The monoisotopic (exact) mass is 315 g/mol. The van der Waals surface area contributed by atoms with E-state index in [2.05, 4.69) is 10.3 Å². The van der Waals surface area contributed by atoms with E-state index in [-0.39, 0.29) is 24.2 Å². The van der Waals surface area contributed by atoms with Gasteiger partial charge >= 0.3 is 5.97 Å². The smallest absolute Gasteiger partial charge is 0.305 e. The van der Waals surface area contributed by atoms with Crippen LogP contribution in [0.4, 0.5) is 0 Å². The quantitative estimate of drug-likeness (QED) is 0.391. The minimum atomic E-state index is -0.245. The summed E-state index contributed by atoms with van der Waals surface area (Å²) in [5.41, 5.74) is 0.701. The van der Waals surface area contributed by atoms with Gasteiger partial charge in [-0.2, -0.15) is 0 Å². The normalized spacial score (nSPS) is 10.4. The zero-order chi connectivity index (χ0) is 15.7. The third-order valence-corrected chi connectivity index (χ3v) is 3.77. The highest BCUT2D eigenvalue weighted by atomic mass is 32.2. The standard InChI is InChI=1S/C13H21N3O4S/c1-3-20-12(19)5-4-6-14-11(18)9-21-13-15-7-10(8-17)16(13)2/h7,17H,3-6,8-9H2,1-2H3,(H,14,18). The lowest BCUT2D eigenvalue weighted by Crippen LogP contribution is -2.26. The molecule has 118 valence electrons. The van der Waals surface area contributed by atoms with E-state index in [4.69, 9.17) is 9.84 Å². The van der Waals surface area contributed by atoms with Crippen LogP contribution < -0.4 is 5.32 Å². The summed E-state index contributed by atoms with van der Waals surface area (Å²) in [6.45, 7) is 2.50. The van der Waals surface area contributed by atoms with Crippen molar-refractivity contribution in [2.75, 3.05) is 18.9 Å². The molecule has 0 radical (unpaired) electrons. The van der Waals surface area contributed by atoms with Crippen LogP contribution in [0, 0.1) is 0 Å². The van der Waals surface area contributed by atoms with Crippen LogP contribution in [-0.2, 0) is 28.0 Å². The lowest BCUT2D eigenvalue weighted by atomic mass is 10.3. The third kappa shape index (κ3) is 6.17. The number of esters is 1. The Morgan fingerprint density at radius 1 is 1.52 bits per heavy atom. The van der Waals surface area contributed by atoms with Crippen molar-refractivity contribution in [3.63, 3.8) is 0 Å². The van der Waals surface area contributed by atoms with Gasteiger partial charge in [-0.1, -0.05) is 11.8 Å². The Kier molecular flexibility index (Phi) is 7.84. The summed E-state index contributed by atoms with van der Waals surface area (Å²) in [6, 6.07) is 0. The Balaban J connectivity index is 2.19. The first-order valence-corrected chi connectivity index (χ1v) is 7.73. The van der Waals surface area contributed by atoms with Gasteiger partial charge in [-0.15, -0.1) is 0 Å². The van der Waals surface area contributed by atoms with Crippen LogP contribution in [0.1, 0.15) is 25.5 Å². The molecule has 0 saturated carbocycles. The molecule has 0 bridgehead atoms. The number of thioether (sulfide) groups is 1. The number of hydrogen-bond donors (Lipinski definition) is 2. The first-order chi connectivity index (χ1) is 10.1. The molecule has 0 unspecified atom stereocenters. The lowest BCUT2D eigenvalue weighted by Gasteiger charge is -2.06. The van der Waals surface area contributed by atoms with Gasteiger partial charge in [-0.05, 0) is 13.3 Å². The van der Waals surface area contributed by atoms with Crippen molar-refractivity contribution < 1.29 is 19.4 Å². The van der Waals surface area contributed by atoms with Gasteiger partial charge in [-0.3, -0.25) is 9.59 Å². The van der Waals surface area contributed by atoms with E-state index in [0.717, 1.165) is 0 Å². The third-order valence-electron chi connectivity index (χ3n) is 2.72. The maximum atomic E-state index is 11.6. The molecule has 1 aromatic rings. The maximum Gasteiger partial charge on any atom is 0.305 e. The molecule has 8 heteroatoms. The van der Waals surface area contributed by atoms with Crippen LogP contribution >= 0.6 is 11.8 Å². The molecule has 0 aliphatic heterocycles. The maximum absolute atomic E-state index is 11.6. The number of aliphatic hydroxyl groups is 1. The molecule has 0 fully saturated rings. The Morgan fingerprint density at radius 2 is 2.29 bits per heavy atom. The van der Waals surface area contributed by atoms with Crippen molar-refractivity contribution in [2.24, 2.45) is 7.05 Å². The highest BCUT2D eigenvalue weighted by Gasteiger charge is 2.09. The Bertz CT molecular complexity index is 476. The second-order valence-corrected chi connectivity index (χ2v) is 5.24. The van der Waals surface area contributed by atoms with Crippen molar-refractivity contribution in [1.29, 1.82) is 0 Å². The van der Waals surface area contributed by atoms with Gasteiger partial charge in [0.15, 0.2) is 5.16 Å². The summed E-state index contributed by atoms with van der Waals surface area (Å²) < 4.78 is 6.54. The highest BCUT2D eigenvalue weighted by Crippen LogP contribution is 2.16. The van der Waals surface area contributed by atoms with Crippen molar-refractivity contribution in [1.82, 2.24) is 14.9 Å². The molecule has 0 atom stereocenters. The van der Waals surface area contributed by atoms with Gasteiger partial charge in [0.1, 0.15) is 0 Å². The fourth-order valence-corrected chi connectivity index (χ4v) is 2.38. The number of aromatic nitrogens is 2. The molecule has 1 aromatic heterocycles. The Labute approximate surface area is 128 Å². The van der Waals surface area contributed by atoms with E-state index in [1.54, 1.807) is 24.7 Å². The van der Waals surface area contributed by atoms with E-state index in [1.807, 2.05) is 0 Å². The SMILES string of the molecule is CCOC(=O)CCCNC(=O)CSc1ncc(CO)n1C. The molecular weight excluding hydrogens is 294 g/mol. The number of nitrogens with zero attached hydrogens (tertiary/aromatic N) is 2. The van der Waals surface area contributed by atoms with Crippen molar-refractivity contribution >= 4 is 23.6 Å². The van der Waals surface area contributed by atoms with Crippen LogP contribution in [0.15, 0.2) is 11.4 Å². The van der Waals surface area contributed by atoms with Gasteiger partial charge in [0.25, 0.3) is 0 Å². The number of amides is 1. The first kappa shape index (κ1) is 17.5. The minimum absolute atomic E-state index is 0.0792. The number of carbonyl (C=O) groups excluding carboxylic acids is 2. The second kappa shape index (κ2) is 9.41. The molecule has 0 saturated heterocycles. The molecule has 0 aliphatic rings. The molecule has 7 nitrogen and oxygen atoms in total. The highest BCUT2D eigenvalue weighted by molar-refractivity contribution is 7.99. The molecule has 2 N–H and O–H groups in total. The van der Waals surface area contributed by atoms with E-state index < -0.39 is 0 Å². The van der Waals surface area contributed by atoms with E-state index in [9.17, 15) is 9.59 Å². The second-order valence-electron chi connectivity index (χ2n) is 4.30. The zero-order valence-corrected chi connectivity index (χ0v) is 13.1. The average molecular weight is 315 g/mol. The molecule has 0 aromatic carbocycles. The topological polar surface area (TPSA) is 93.4 Å². The van der Waals surface area contributed by atoms with Gasteiger partial charge in [0.05, 0.1) is 30.9 Å². The van der Waals surface area contributed by atoms with Crippen molar-refractivity contribution in [3.8, 4) is 0 Å². The summed E-state index contributed by atoms with van der Waals surface area (Å²) >= 11 is 1.30. The number of carbonyl (C=O) groups is 2. The van der Waals surface area contributed by atoms with Gasteiger partial charge in [-0.25, -0.2) is 4.98 Å². The first-order valence-electron chi connectivity index (χ1n) is 6.75. The Morgan fingerprint density at radius 3 is 2.90 bits per heavy atom. The van der Waals surface area contributed by atoms with Gasteiger partial charge < -0.3 is 19.7 Å². The predicted octanol–water partition coefficient (Wildman–Crippen LogP) is 0.464. The minimum Gasteiger partial charge on any atom is -0.466 e. The fourth-order valence-electron chi connectivity index (χ4n) is 1.58. The van der Waals surface area contributed by atoms with E-state index >= 15 is 0 Å². The summed E-state index contributed by atoms with van der Waals surface area (Å²) in [6.07, 6.45) is 2.45.